The minimum Gasteiger partial charge on any atom is -0.550 e. The highest BCUT2D eigenvalue weighted by atomic mass is 16.4. The molecule has 3 N–H and O–H groups in total. The third-order valence-corrected chi connectivity index (χ3v) is 2.73. The summed E-state index contributed by atoms with van der Waals surface area (Å²) < 4.78 is 0. The third kappa shape index (κ3) is 4.24. The van der Waals surface area contributed by atoms with E-state index in [-0.39, 0.29) is 6.42 Å². The van der Waals surface area contributed by atoms with Crippen molar-refractivity contribution in [2.24, 2.45) is 0 Å². The van der Waals surface area contributed by atoms with E-state index in [1.807, 2.05) is 0 Å². The Morgan fingerprint density at radius 2 is 2.15 bits per heavy atom. The molecule has 0 spiro atoms. The molecule has 13 heavy (non-hydrogen) atoms. The standard InChI is InChI=1S/C9H18N2O2/c1-11-6-3-8(4-7-11)10-5-2-9(12)13/h8,10H,2-7H2,1H3,(H,12,13)/p+1. The Bertz CT molecular complexity index is 165. The van der Waals surface area contributed by atoms with E-state index < -0.39 is 5.97 Å². The van der Waals surface area contributed by atoms with E-state index in [2.05, 4.69) is 12.4 Å². The molecule has 0 unspecified atom stereocenters. The Morgan fingerprint density at radius 1 is 1.54 bits per heavy atom. The molecule has 1 rings (SSSR count). The van der Waals surface area contributed by atoms with Crippen LogP contribution in [0.4, 0.5) is 0 Å². The number of carboxylic acids is 1. The van der Waals surface area contributed by atoms with E-state index in [0.717, 1.165) is 0 Å². The second-order valence-corrected chi connectivity index (χ2v) is 3.94. The number of rotatable bonds is 4. The molecular weight excluding hydrogens is 168 g/mol. The maximum absolute atomic E-state index is 10.2. The Balaban J connectivity index is 2.05. The number of likely N-dealkylation sites (tertiary alicyclic amines) is 1. The van der Waals surface area contributed by atoms with Gasteiger partial charge in [-0.1, -0.05) is 0 Å². The Labute approximate surface area is 78.9 Å². The van der Waals surface area contributed by atoms with Gasteiger partial charge in [-0.25, -0.2) is 0 Å². The van der Waals surface area contributed by atoms with Crippen LogP contribution in [-0.2, 0) is 4.79 Å². The first kappa shape index (κ1) is 10.5. The number of carbonyl (C=O) groups excluding carboxylic acids is 1. The quantitative estimate of drug-likeness (QED) is 0.477. The molecular formula is C9H19N2O2+. The van der Waals surface area contributed by atoms with Crippen molar-refractivity contribution in [1.82, 2.24) is 0 Å². The first-order chi connectivity index (χ1) is 6.18. The number of nitrogens with two attached hydrogens (primary N) is 1. The molecule has 0 aliphatic carbocycles. The predicted octanol–water partition coefficient (Wildman–Crippen LogP) is -3.63. The number of hydrogen-bond acceptors (Lipinski definition) is 2. The monoisotopic (exact) mass is 187 g/mol. The summed E-state index contributed by atoms with van der Waals surface area (Å²) in [4.78, 5) is 11.7. The number of nitrogens with one attached hydrogen (secondary N) is 1. The zero-order valence-electron chi connectivity index (χ0n) is 8.21. The van der Waals surface area contributed by atoms with Crippen LogP contribution < -0.4 is 15.3 Å². The van der Waals surface area contributed by atoms with Gasteiger partial charge in [-0.05, 0) is 0 Å². The molecule has 0 aromatic rings. The van der Waals surface area contributed by atoms with Gasteiger partial charge in [0, 0.05) is 25.2 Å². The van der Waals surface area contributed by atoms with E-state index >= 15 is 0 Å². The smallest absolute Gasteiger partial charge is 0.0967 e. The summed E-state index contributed by atoms with van der Waals surface area (Å²) in [6, 6.07) is 0.642. The van der Waals surface area contributed by atoms with Crippen LogP contribution >= 0.6 is 0 Å². The zero-order valence-corrected chi connectivity index (χ0v) is 8.21. The second-order valence-electron chi connectivity index (χ2n) is 3.94. The van der Waals surface area contributed by atoms with Crippen LogP contribution in [0.1, 0.15) is 19.3 Å². The molecule has 0 bridgehead atoms. The normalized spacial score (nSPS) is 28.7. The number of aliphatic carboxylic acids is 1. The van der Waals surface area contributed by atoms with Gasteiger partial charge in [0.25, 0.3) is 0 Å². The van der Waals surface area contributed by atoms with Gasteiger partial charge >= 0.3 is 0 Å². The fraction of sp³-hybridized carbons (Fsp3) is 0.889. The summed E-state index contributed by atoms with van der Waals surface area (Å²) >= 11 is 0. The van der Waals surface area contributed by atoms with E-state index in [1.54, 1.807) is 4.90 Å². The number of piperidine rings is 1. The average molecular weight is 187 g/mol. The van der Waals surface area contributed by atoms with Crippen LogP contribution in [-0.4, -0.2) is 38.7 Å². The van der Waals surface area contributed by atoms with E-state index in [1.165, 1.54) is 25.9 Å². The molecule has 0 aromatic carbocycles. The van der Waals surface area contributed by atoms with Crippen molar-refractivity contribution in [2.75, 3.05) is 26.7 Å². The van der Waals surface area contributed by atoms with Crippen molar-refractivity contribution < 1.29 is 20.1 Å². The lowest BCUT2D eigenvalue weighted by molar-refractivity contribution is -0.894. The summed E-state index contributed by atoms with van der Waals surface area (Å²) in [5.41, 5.74) is 0. The van der Waals surface area contributed by atoms with Crippen LogP contribution in [0.25, 0.3) is 0 Å². The minimum atomic E-state index is -0.935. The van der Waals surface area contributed by atoms with Crippen LogP contribution in [0.15, 0.2) is 0 Å². The van der Waals surface area contributed by atoms with Gasteiger partial charge in [0.1, 0.15) is 0 Å². The maximum atomic E-state index is 10.2. The van der Waals surface area contributed by atoms with Crippen molar-refractivity contribution in [2.45, 2.75) is 25.3 Å². The molecule has 0 atom stereocenters. The Morgan fingerprint density at radius 3 is 2.69 bits per heavy atom. The van der Waals surface area contributed by atoms with Gasteiger partial charge in [0.2, 0.25) is 0 Å². The van der Waals surface area contributed by atoms with Crippen molar-refractivity contribution in [3.05, 3.63) is 0 Å². The molecule has 1 aliphatic rings. The molecule has 0 amide bonds. The van der Waals surface area contributed by atoms with Crippen molar-refractivity contribution >= 4 is 5.97 Å². The van der Waals surface area contributed by atoms with Gasteiger partial charge in [0.15, 0.2) is 0 Å². The molecule has 1 aliphatic heterocycles. The van der Waals surface area contributed by atoms with E-state index in [9.17, 15) is 9.90 Å². The highest BCUT2D eigenvalue weighted by molar-refractivity contribution is 5.64. The highest BCUT2D eigenvalue weighted by Gasteiger charge is 2.20. The molecule has 0 radical (unpaired) electrons. The summed E-state index contributed by atoms with van der Waals surface area (Å²) in [6.45, 7) is 3.10. The van der Waals surface area contributed by atoms with Gasteiger partial charge in [0.05, 0.1) is 32.7 Å². The van der Waals surface area contributed by atoms with Gasteiger partial charge in [-0.15, -0.1) is 0 Å². The number of carbonyl (C=O) groups is 1. The molecule has 76 valence electrons. The zero-order chi connectivity index (χ0) is 9.68. The largest absolute Gasteiger partial charge is 0.550 e. The molecule has 4 nitrogen and oxygen atoms in total. The lowest BCUT2D eigenvalue weighted by Gasteiger charge is -2.24. The highest BCUT2D eigenvalue weighted by Crippen LogP contribution is 1.92. The first-order valence-corrected chi connectivity index (χ1v) is 5.03. The number of carboxylic acid groups (broad SMARTS) is 1. The second kappa shape index (κ2) is 5.19. The Kier molecular flexibility index (Phi) is 4.18. The van der Waals surface area contributed by atoms with Crippen LogP contribution in [0.2, 0.25) is 0 Å². The average Bonchev–Trinajstić information content (AvgIpc) is 2.08. The SMILES string of the molecule is C[NH+]1CCC([NH2+]CCC(=O)[O-])CC1. The fourth-order valence-corrected chi connectivity index (χ4v) is 1.81. The van der Waals surface area contributed by atoms with E-state index in [4.69, 9.17) is 0 Å². The minimum absolute atomic E-state index is 0.180. The van der Waals surface area contributed by atoms with Crippen molar-refractivity contribution in [1.29, 1.82) is 0 Å². The number of quaternary nitrogens is 2. The van der Waals surface area contributed by atoms with E-state index in [0.29, 0.717) is 12.6 Å². The van der Waals surface area contributed by atoms with Crippen molar-refractivity contribution in [3.8, 4) is 0 Å². The van der Waals surface area contributed by atoms with Gasteiger partial charge < -0.3 is 20.1 Å². The fourth-order valence-electron chi connectivity index (χ4n) is 1.81. The molecule has 1 heterocycles. The van der Waals surface area contributed by atoms with Gasteiger partial charge in [-0.3, -0.25) is 0 Å². The summed E-state index contributed by atoms with van der Waals surface area (Å²) in [5, 5.41) is 12.3. The Hall–Kier alpha value is -0.610. The van der Waals surface area contributed by atoms with Crippen molar-refractivity contribution in [3.63, 3.8) is 0 Å². The first-order valence-electron chi connectivity index (χ1n) is 5.03. The van der Waals surface area contributed by atoms with Gasteiger partial charge in [-0.2, -0.15) is 0 Å². The molecule has 1 fully saturated rings. The maximum Gasteiger partial charge on any atom is 0.0967 e. The summed E-state index contributed by atoms with van der Waals surface area (Å²) in [7, 11) is 2.21. The molecule has 1 saturated heterocycles. The summed E-state index contributed by atoms with van der Waals surface area (Å²) in [5.74, 6) is -0.935. The van der Waals surface area contributed by atoms with Crippen LogP contribution in [0.3, 0.4) is 0 Å². The summed E-state index contributed by atoms with van der Waals surface area (Å²) in [6.07, 6.45) is 2.59. The lowest BCUT2D eigenvalue weighted by atomic mass is 10.1. The predicted molar refractivity (Wildman–Crippen MR) is 46.1 cm³/mol. The number of hydrogen-bond donors (Lipinski definition) is 2. The molecule has 0 saturated carbocycles. The van der Waals surface area contributed by atoms with Crippen LogP contribution in [0.5, 0.6) is 0 Å². The molecule has 4 heteroatoms. The lowest BCUT2D eigenvalue weighted by Crippen LogP contribution is -3.12. The molecule has 0 aromatic heterocycles. The topological polar surface area (TPSA) is 61.2 Å². The third-order valence-electron chi connectivity index (χ3n) is 2.73. The van der Waals surface area contributed by atoms with Crippen LogP contribution in [0, 0.1) is 0 Å².